The first kappa shape index (κ1) is 17.0. The number of Topliss-reactive ketones (excluding diaryl/α,β-unsaturated/α-hetero) is 1. The fraction of sp³-hybridized carbons (Fsp3) is 0.235. The average Bonchev–Trinajstić information content (AvgIpc) is 2.48. The lowest BCUT2D eigenvalue weighted by molar-refractivity contribution is -0.195. The van der Waals surface area contributed by atoms with Gasteiger partial charge in [-0.25, -0.2) is 8.78 Å². The van der Waals surface area contributed by atoms with E-state index in [0.29, 0.717) is 5.56 Å². The molecule has 0 radical (unpaired) electrons. The van der Waals surface area contributed by atoms with Gasteiger partial charge in [-0.1, -0.05) is 36.9 Å². The molecule has 1 heterocycles. The lowest BCUT2D eigenvalue weighted by atomic mass is 9.94. The molecule has 1 aromatic rings. The van der Waals surface area contributed by atoms with Crippen LogP contribution in [0.25, 0.3) is 5.70 Å². The van der Waals surface area contributed by atoms with E-state index in [1.807, 2.05) is 0 Å². The second kappa shape index (κ2) is 6.02. The summed E-state index contributed by atoms with van der Waals surface area (Å²) in [6.45, 7) is 6.12. The third kappa shape index (κ3) is 2.93. The van der Waals surface area contributed by atoms with Crippen LogP contribution in [0, 0.1) is 0 Å². The first-order valence-corrected chi connectivity index (χ1v) is 6.82. The molecule has 1 aromatic carbocycles. The van der Waals surface area contributed by atoms with Gasteiger partial charge < -0.3 is 0 Å². The monoisotopic (exact) mass is 325 g/mol. The molecule has 0 fully saturated rings. The van der Waals surface area contributed by atoms with Gasteiger partial charge in [0.1, 0.15) is 0 Å². The smallest absolute Gasteiger partial charge is 0.294 e. The summed E-state index contributed by atoms with van der Waals surface area (Å²) in [5.74, 6) is -0.517. The Kier molecular flexibility index (Phi) is 4.45. The van der Waals surface area contributed by atoms with Crippen LogP contribution in [0.5, 0.6) is 0 Å². The van der Waals surface area contributed by atoms with Gasteiger partial charge in [-0.05, 0) is 31.1 Å². The average molecular weight is 325 g/mol. The molecule has 1 aliphatic rings. The number of alkyl halides is 4. The topological polar surface area (TPSA) is 20.3 Å². The minimum atomic E-state index is -4.49. The van der Waals surface area contributed by atoms with Gasteiger partial charge in [0.15, 0.2) is 5.78 Å². The maximum absolute atomic E-state index is 14.2. The number of allylic oxidation sites excluding steroid dienone is 3. The third-order valence-electron chi connectivity index (χ3n) is 3.53. The first-order valence-electron chi connectivity index (χ1n) is 6.82. The minimum Gasteiger partial charge on any atom is -0.294 e. The Morgan fingerprint density at radius 3 is 2.26 bits per heavy atom. The summed E-state index contributed by atoms with van der Waals surface area (Å²) in [7, 11) is 0. The second-order valence-electron chi connectivity index (χ2n) is 5.18. The van der Waals surface area contributed by atoms with Crippen LogP contribution < -0.4 is 0 Å². The summed E-state index contributed by atoms with van der Waals surface area (Å²) in [5.41, 5.74) is -0.0138. The number of hydrogen-bond acceptors (Lipinski definition) is 2. The Balaban J connectivity index is 2.72. The lowest BCUT2D eigenvalue weighted by Crippen LogP contribution is -2.47. The standard InChI is InChI=1S/C17H15F4NO/c1-10-9-14(12(3)23)11(2)22(17(20,21)16(18)19)15(10)13-7-5-4-6-8-13/h4-9,16H,2H2,1,3H3. The number of carbonyl (C=O) groups excluding carboxylic acids is 1. The molecular weight excluding hydrogens is 310 g/mol. The van der Waals surface area contributed by atoms with E-state index in [1.165, 1.54) is 32.1 Å². The van der Waals surface area contributed by atoms with E-state index in [0.717, 1.165) is 0 Å². The van der Waals surface area contributed by atoms with Gasteiger partial charge in [0.2, 0.25) is 0 Å². The van der Waals surface area contributed by atoms with Crippen LogP contribution in [-0.2, 0) is 4.79 Å². The van der Waals surface area contributed by atoms with Crippen molar-refractivity contribution in [1.29, 1.82) is 0 Å². The highest BCUT2D eigenvalue weighted by Gasteiger charge is 2.51. The Morgan fingerprint density at radius 1 is 1.22 bits per heavy atom. The van der Waals surface area contributed by atoms with E-state index in [2.05, 4.69) is 6.58 Å². The number of carbonyl (C=O) groups is 1. The SMILES string of the molecule is C=C1C(C(C)=O)=CC(C)=C(c2ccccc2)N1C(F)(F)C(F)F. The summed E-state index contributed by atoms with van der Waals surface area (Å²) >= 11 is 0. The van der Waals surface area contributed by atoms with Gasteiger partial charge in [-0.15, -0.1) is 0 Å². The molecule has 1 aliphatic heterocycles. The molecule has 23 heavy (non-hydrogen) atoms. The molecule has 0 aliphatic carbocycles. The predicted molar refractivity (Wildman–Crippen MR) is 79.7 cm³/mol. The number of rotatable bonds is 4. The van der Waals surface area contributed by atoms with E-state index >= 15 is 0 Å². The fourth-order valence-corrected chi connectivity index (χ4v) is 2.48. The summed E-state index contributed by atoms with van der Waals surface area (Å²) in [6.07, 6.45) is -2.54. The number of ketones is 1. The van der Waals surface area contributed by atoms with Crippen LogP contribution >= 0.6 is 0 Å². The normalized spacial score (nSPS) is 16.0. The molecule has 0 unspecified atom stereocenters. The fourth-order valence-electron chi connectivity index (χ4n) is 2.48. The molecule has 0 atom stereocenters. The van der Waals surface area contributed by atoms with Crippen LogP contribution in [0.1, 0.15) is 19.4 Å². The van der Waals surface area contributed by atoms with Gasteiger partial charge in [0.25, 0.3) is 0 Å². The summed E-state index contributed by atoms with van der Waals surface area (Å²) in [6, 6.07) is 3.49. The molecule has 0 saturated heterocycles. The van der Waals surface area contributed by atoms with Crippen molar-refractivity contribution in [3.8, 4) is 0 Å². The molecule has 0 bridgehead atoms. The van der Waals surface area contributed by atoms with Crippen LogP contribution in [0.4, 0.5) is 17.6 Å². The zero-order valence-corrected chi connectivity index (χ0v) is 12.6. The van der Waals surface area contributed by atoms with Gasteiger partial charge in [-0.3, -0.25) is 9.69 Å². The summed E-state index contributed by atoms with van der Waals surface area (Å²) in [5, 5.41) is 0. The van der Waals surface area contributed by atoms with Gasteiger partial charge in [-0.2, -0.15) is 8.78 Å². The van der Waals surface area contributed by atoms with Crippen molar-refractivity contribution in [2.24, 2.45) is 0 Å². The number of benzene rings is 1. The van der Waals surface area contributed by atoms with Crippen LogP contribution in [0.15, 0.2) is 59.8 Å². The zero-order chi connectivity index (χ0) is 17.4. The Hall–Kier alpha value is -2.37. The van der Waals surface area contributed by atoms with Crippen molar-refractivity contribution in [3.05, 3.63) is 65.4 Å². The molecule has 2 rings (SSSR count). The highest BCUT2D eigenvalue weighted by molar-refractivity contribution is 6.00. The minimum absolute atomic E-state index is 0.0918. The van der Waals surface area contributed by atoms with Crippen molar-refractivity contribution in [2.75, 3.05) is 0 Å². The predicted octanol–water partition coefficient (Wildman–Crippen LogP) is 4.62. The number of halogens is 4. The summed E-state index contributed by atoms with van der Waals surface area (Å²) < 4.78 is 54.3. The van der Waals surface area contributed by atoms with E-state index in [1.54, 1.807) is 18.2 Å². The van der Waals surface area contributed by atoms with Crippen molar-refractivity contribution < 1.29 is 22.4 Å². The third-order valence-corrected chi connectivity index (χ3v) is 3.53. The molecule has 0 aromatic heterocycles. The van der Waals surface area contributed by atoms with Crippen molar-refractivity contribution in [1.82, 2.24) is 4.90 Å². The molecular formula is C17H15F4NO. The molecule has 6 heteroatoms. The van der Waals surface area contributed by atoms with E-state index in [4.69, 9.17) is 0 Å². The molecule has 0 N–H and O–H groups in total. The first-order chi connectivity index (χ1) is 10.7. The molecule has 2 nitrogen and oxygen atoms in total. The van der Waals surface area contributed by atoms with Crippen molar-refractivity contribution >= 4 is 11.5 Å². The Morgan fingerprint density at radius 2 is 1.78 bits per heavy atom. The van der Waals surface area contributed by atoms with Crippen LogP contribution in [-0.4, -0.2) is 23.2 Å². The molecule has 0 spiro atoms. The van der Waals surface area contributed by atoms with Gasteiger partial charge >= 0.3 is 12.5 Å². The quantitative estimate of drug-likeness (QED) is 0.595. The highest BCUT2D eigenvalue weighted by atomic mass is 19.3. The maximum Gasteiger partial charge on any atom is 0.389 e. The van der Waals surface area contributed by atoms with Crippen LogP contribution in [0.2, 0.25) is 0 Å². The number of hydrogen-bond donors (Lipinski definition) is 0. The Labute approximate surface area is 131 Å². The summed E-state index contributed by atoms with van der Waals surface area (Å²) in [4.78, 5) is 11.8. The van der Waals surface area contributed by atoms with Crippen LogP contribution in [0.3, 0.4) is 0 Å². The largest absolute Gasteiger partial charge is 0.389 e. The lowest BCUT2D eigenvalue weighted by Gasteiger charge is -2.39. The highest BCUT2D eigenvalue weighted by Crippen LogP contribution is 2.43. The van der Waals surface area contributed by atoms with E-state index in [9.17, 15) is 22.4 Å². The Bertz CT molecular complexity index is 705. The van der Waals surface area contributed by atoms with Crippen molar-refractivity contribution in [3.63, 3.8) is 0 Å². The molecule has 122 valence electrons. The van der Waals surface area contributed by atoms with Gasteiger partial charge in [0.05, 0.1) is 11.4 Å². The van der Waals surface area contributed by atoms with E-state index < -0.39 is 24.0 Å². The van der Waals surface area contributed by atoms with Crippen molar-refractivity contribution in [2.45, 2.75) is 26.3 Å². The van der Waals surface area contributed by atoms with Gasteiger partial charge in [0, 0.05) is 5.57 Å². The molecule has 0 amide bonds. The maximum atomic E-state index is 14.2. The van der Waals surface area contributed by atoms with E-state index in [-0.39, 0.29) is 21.7 Å². The number of nitrogens with zero attached hydrogens (tertiary/aromatic N) is 1. The molecule has 0 saturated carbocycles. The zero-order valence-electron chi connectivity index (χ0n) is 12.6. The second-order valence-corrected chi connectivity index (χ2v) is 5.18.